The lowest BCUT2D eigenvalue weighted by Crippen LogP contribution is -2.23. The Labute approximate surface area is 130 Å². The maximum atomic E-state index is 12.3. The average Bonchev–Trinajstić information content (AvgIpc) is 2.92. The van der Waals surface area contributed by atoms with E-state index < -0.39 is 0 Å². The third-order valence-electron chi connectivity index (χ3n) is 3.20. The first-order chi connectivity index (χ1) is 10.6. The number of nitrogens with zero attached hydrogens (tertiary/aromatic N) is 3. The van der Waals surface area contributed by atoms with Crippen molar-refractivity contribution >= 4 is 33.3 Å². The Kier molecular flexibility index (Phi) is 3.97. The first-order valence-corrected chi connectivity index (χ1v) is 7.58. The molecule has 1 aromatic carbocycles. The number of aromatic nitrogens is 3. The van der Waals surface area contributed by atoms with E-state index in [1.54, 1.807) is 18.2 Å². The van der Waals surface area contributed by atoms with Crippen LogP contribution in [0.5, 0.6) is 0 Å². The summed E-state index contributed by atoms with van der Waals surface area (Å²) in [4.78, 5) is 28.4. The summed E-state index contributed by atoms with van der Waals surface area (Å²) in [6.45, 7) is 2.16. The van der Waals surface area contributed by atoms with E-state index in [1.807, 2.05) is 19.1 Å². The van der Waals surface area contributed by atoms with Gasteiger partial charge in [0.05, 0.1) is 22.9 Å². The second-order valence-electron chi connectivity index (χ2n) is 4.89. The van der Waals surface area contributed by atoms with Crippen LogP contribution in [0.15, 0.2) is 41.5 Å². The van der Waals surface area contributed by atoms with Crippen molar-refractivity contribution in [1.82, 2.24) is 13.9 Å². The molecule has 0 aliphatic carbocycles. The zero-order chi connectivity index (χ0) is 15.5. The van der Waals surface area contributed by atoms with E-state index >= 15 is 0 Å². The topological polar surface area (TPSA) is 76.9 Å². The van der Waals surface area contributed by atoms with E-state index in [9.17, 15) is 9.59 Å². The zero-order valence-corrected chi connectivity index (χ0v) is 12.8. The summed E-state index contributed by atoms with van der Waals surface area (Å²) in [6, 6.07) is 8.98. The molecule has 0 aliphatic heterocycles. The Morgan fingerprint density at radius 3 is 2.95 bits per heavy atom. The third-order valence-corrected chi connectivity index (χ3v) is 4.00. The molecule has 112 valence electrons. The highest BCUT2D eigenvalue weighted by atomic mass is 32.1. The number of benzene rings is 1. The standard InChI is InChI=1S/C15H14N4O2S/c1-10-8-14(22-18-10)17-13(20)6-7-19-9-16-12-5-3-2-4-11(12)15(19)21/h2-5,8-9H,6-7H2,1H3,(H,17,20). The summed E-state index contributed by atoms with van der Waals surface area (Å²) in [7, 11) is 0. The van der Waals surface area contributed by atoms with Gasteiger partial charge in [-0.15, -0.1) is 0 Å². The molecule has 7 heteroatoms. The smallest absolute Gasteiger partial charge is 0.261 e. The van der Waals surface area contributed by atoms with Crippen LogP contribution in [-0.2, 0) is 11.3 Å². The molecule has 6 nitrogen and oxygen atoms in total. The third kappa shape index (κ3) is 3.04. The van der Waals surface area contributed by atoms with Crippen LogP contribution in [-0.4, -0.2) is 19.8 Å². The highest BCUT2D eigenvalue weighted by Gasteiger charge is 2.08. The van der Waals surface area contributed by atoms with E-state index in [0.717, 1.165) is 5.69 Å². The summed E-state index contributed by atoms with van der Waals surface area (Å²) < 4.78 is 5.56. The van der Waals surface area contributed by atoms with Crippen LogP contribution in [0.3, 0.4) is 0 Å². The Bertz CT molecular complexity index is 884. The molecule has 0 saturated carbocycles. The minimum absolute atomic E-state index is 0.132. The molecular weight excluding hydrogens is 300 g/mol. The number of nitrogens with one attached hydrogen (secondary N) is 1. The van der Waals surface area contributed by atoms with Crippen LogP contribution in [0.25, 0.3) is 10.9 Å². The molecule has 3 rings (SSSR count). The van der Waals surface area contributed by atoms with E-state index in [1.165, 1.54) is 22.4 Å². The number of fused-ring (bicyclic) bond motifs is 1. The predicted molar refractivity (Wildman–Crippen MR) is 86.1 cm³/mol. The number of carbonyl (C=O) groups is 1. The van der Waals surface area contributed by atoms with Crippen LogP contribution in [0.2, 0.25) is 0 Å². The molecule has 0 unspecified atom stereocenters. The summed E-state index contributed by atoms with van der Waals surface area (Å²) in [6.07, 6.45) is 1.69. The van der Waals surface area contributed by atoms with Crippen molar-refractivity contribution in [3.63, 3.8) is 0 Å². The van der Waals surface area contributed by atoms with Gasteiger partial charge in [-0.05, 0) is 36.7 Å². The summed E-state index contributed by atoms with van der Waals surface area (Å²) in [5.41, 5.74) is 1.40. The highest BCUT2D eigenvalue weighted by molar-refractivity contribution is 7.10. The van der Waals surface area contributed by atoms with Crippen molar-refractivity contribution in [1.29, 1.82) is 0 Å². The lowest BCUT2D eigenvalue weighted by Gasteiger charge is -2.06. The monoisotopic (exact) mass is 314 g/mol. The fourth-order valence-corrected chi connectivity index (χ4v) is 2.79. The molecule has 3 aromatic rings. The van der Waals surface area contributed by atoms with Crippen molar-refractivity contribution < 1.29 is 4.79 Å². The second kappa shape index (κ2) is 6.07. The van der Waals surface area contributed by atoms with Gasteiger partial charge in [-0.1, -0.05) is 12.1 Å². The molecule has 22 heavy (non-hydrogen) atoms. The zero-order valence-electron chi connectivity index (χ0n) is 11.9. The van der Waals surface area contributed by atoms with Gasteiger partial charge in [0.2, 0.25) is 5.91 Å². The number of hydrogen-bond acceptors (Lipinski definition) is 5. The van der Waals surface area contributed by atoms with Crippen molar-refractivity contribution in [2.24, 2.45) is 0 Å². The number of para-hydroxylation sites is 1. The number of carbonyl (C=O) groups excluding carboxylic acids is 1. The van der Waals surface area contributed by atoms with Gasteiger partial charge in [0.25, 0.3) is 5.56 Å². The van der Waals surface area contributed by atoms with Gasteiger partial charge >= 0.3 is 0 Å². The summed E-state index contributed by atoms with van der Waals surface area (Å²) in [5, 5.41) is 4.04. The van der Waals surface area contributed by atoms with Gasteiger partial charge in [0.1, 0.15) is 5.00 Å². The molecule has 0 spiro atoms. The number of anilines is 1. The first-order valence-electron chi connectivity index (χ1n) is 6.81. The maximum absolute atomic E-state index is 12.3. The number of amides is 1. The lowest BCUT2D eigenvalue weighted by molar-refractivity contribution is -0.116. The van der Waals surface area contributed by atoms with Gasteiger partial charge in [-0.3, -0.25) is 14.2 Å². The van der Waals surface area contributed by atoms with Gasteiger partial charge in [-0.2, -0.15) is 4.37 Å². The molecular formula is C15H14N4O2S. The SMILES string of the molecule is Cc1cc(NC(=O)CCn2cnc3ccccc3c2=O)sn1. The first kappa shape index (κ1) is 14.4. The fourth-order valence-electron chi connectivity index (χ4n) is 2.11. The van der Waals surface area contributed by atoms with Gasteiger partial charge in [0, 0.05) is 13.0 Å². The number of aryl methyl sites for hydroxylation is 2. The second-order valence-corrected chi connectivity index (χ2v) is 5.70. The largest absolute Gasteiger partial charge is 0.316 e. The Morgan fingerprint density at radius 1 is 1.36 bits per heavy atom. The molecule has 1 N–H and O–H groups in total. The maximum Gasteiger partial charge on any atom is 0.261 e. The van der Waals surface area contributed by atoms with Crippen LogP contribution >= 0.6 is 11.5 Å². The normalized spacial score (nSPS) is 10.8. The van der Waals surface area contributed by atoms with Gasteiger partial charge in [-0.25, -0.2) is 4.98 Å². The Morgan fingerprint density at radius 2 is 2.18 bits per heavy atom. The summed E-state index contributed by atoms with van der Waals surface area (Å²) >= 11 is 1.24. The average molecular weight is 314 g/mol. The van der Waals surface area contributed by atoms with Crippen LogP contribution in [0.4, 0.5) is 5.00 Å². The minimum atomic E-state index is -0.149. The molecule has 0 aliphatic rings. The molecule has 0 bridgehead atoms. The molecule has 2 aromatic heterocycles. The highest BCUT2D eigenvalue weighted by Crippen LogP contribution is 2.15. The number of hydrogen-bond donors (Lipinski definition) is 1. The molecule has 0 saturated heterocycles. The van der Waals surface area contributed by atoms with Gasteiger partial charge < -0.3 is 5.32 Å². The van der Waals surface area contributed by atoms with Crippen molar-refractivity contribution in [2.45, 2.75) is 19.9 Å². The summed E-state index contributed by atoms with van der Waals surface area (Å²) in [5.74, 6) is -0.149. The Balaban J connectivity index is 1.70. The molecule has 1 amide bonds. The van der Waals surface area contributed by atoms with Crippen molar-refractivity contribution in [3.05, 3.63) is 52.7 Å². The van der Waals surface area contributed by atoms with E-state index in [4.69, 9.17) is 0 Å². The molecule has 0 atom stereocenters. The minimum Gasteiger partial charge on any atom is -0.316 e. The molecule has 0 radical (unpaired) electrons. The predicted octanol–water partition coefficient (Wildman–Crippen LogP) is 2.19. The number of rotatable bonds is 4. The van der Waals surface area contributed by atoms with E-state index in [2.05, 4.69) is 14.7 Å². The van der Waals surface area contributed by atoms with Crippen molar-refractivity contribution in [3.8, 4) is 0 Å². The fraction of sp³-hybridized carbons (Fsp3) is 0.200. The van der Waals surface area contributed by atoms with E-state index in [0.29, 0.717) is 22.4 Å². The van der Waals surface area contributed by atoms with E-state index in [-0.39, 0.29) is 17.9 Å². The van der Waals surface area contributed by atoms with Crippen LogP contribution < -0.4 is 10.9 Å². The van der Waals surface area contributed by atoms with Gasteiger partial charge in [0.15, 0.2) is 0 Å². The van der Waals surface area contributed by atoms with Crippen molar-refractivity contribution in [2.75, 3.05) is 5.32 Å². The lowest BCUT2D eigenvalue weighted by atomic mass is 10.2. The van der Waals surface area contributed by atoms with Crippen LogP contribution in [0, 0.1) is 6.92 Å². The molecule has 0 fully saturated rings. The quantitative estimate of drug-likeness (QED) is 0.801. The van der Waals surface area contributed by atoms with Crippen LogP contribution in [0.1, 0.15) is 12.1 Å². The Hall–Kier alpha value is -2.54. The molecule has 2 heterocycles.